The van der Waals surface area contributed by atoms with Crippen molar-refractivity contribution in [3.8, 4) is 17.0 Å². The summed E-state index contributed by atoms with van der Waals surface area (Å²) in [4.78, 5) is 13.2. The Labute approximate surface area is 205 Å². The number of hydrogen-bond donors (Lipinski definition) is 3. The van der Waals surface area contributed by atoms with E-state index in [2.05, 4.69) is 20.3 Å². The zero-order valence-corrected chi connectivity index (χ0v) is 20.1. The SMILES string of the molecule is C[C@H]1COc2c(-c3nc(N[C@@H]4C[C@H]5CO[C@H](O5)[C@H]4O)ncc3Cl)cc(F)c3nc(C(C)(C)O)n1c23. The first-order valence-electron chi connectivity index (χ1n) is 11.5. The highest BCUT2D eigenvalue weighted by Crippen LogP contribution is 2.45. The Balaban J connectivity index is 1.45. The summed E-state index contributed by atoms with van der Waals surface area (Å²) in [5, 5.41) is 24.6. The molecule has 35 heavy (non-hydrogen) atoms. The van der Waals surface area contributed by atoms with Crippen LogP contribution in [-0.4, -0.2) is 67.5 Å². The fourth-order valence-corrected chi connectivity index (χ4v) is 5.18. The van der Waals surface area contributed by atoms with Gasteiger partial charge in [0.15, 0.2) is 17.9 Å². The van der Waals surface area contributed by atoms with Gasteiger partial charge >= 0.3 is 0 Å². The Kier molecular flexibility index (Phi) is 5.21. The van der Waals surface area contributed by atoms with Crippen LogP contribution >= 0.6 is 11.6 Å². The molecule has 5 atom stereocenters. The van der Waals surface area contributed by atoms with Gasteiger partial charge in [-0.05, 0) is 33.3 Å². The van der Waals surface area contributed by atoms with Crippen molar-refractivity contribution in [3.63, 3.8) is 0 Å². The van der Waals surface area contributed by atoms with E-state index in [9.17, 15) is 10.2 Å². The van der Waals surface area contributed by atoms with Gasteiger partial charge in [-0.25, -0.2) is 19.3 Å². The molecule has 2 saturated heterocycles. The highest BCUT2D eigenvalue weighted by Gasteiger charge is 2.43. The van der Waals surface area contributed by atoms with Crippen LogP contribution in [0.15, 0.2) is 12.3 Å². The van der Waals surface area contributed by atoms with Gasteiger partial charge in [0, 0.05) is 5.56 Å². The minimum atomic E-state index is -1.29. The quantitative estimate of drug-likeness (QED) is 0.491. The molecule has 3 N–H and O–H groups in total. The number of nitrogens with one attached hydrogen (secondary N) is 1. The molecule has 1 aromatic carbocycles. The van der Waals surface area contributed by atoms with Gasteiger partial charge in [-0.3, -0.25) is 0 Å². The molecule has 2 fully saturated rings. The lowest BCUT2D eigenvalue weighted by atomic mass is 10.0. The highest BCUT2D eigenvalue weighted by atomic mass is 35.5. The van der Waals surface area contributed by atoms with Crippen molar-refractivity contribution in [2.75, 3.05) is 18.5 Å². The zero-order chi connectivity index (χ0) is 24.6. The maximum atomic E-state index is 15.4. The van der Waals surface area contributed by atoms with Crippen molar-refractivity contribution in [2.45, 2.75) is 63.4 Å². The third-order valence-corrected chi connectivity index (χ3v) is 6.90. The molecule has 6 rings (SSSR count). The summed E-state index contributed by atoms with van der Waals surface area (Å²) in [6.07, 6.45) is 0.230. The predicted octanol–water partition coefficient (Wildman–Crippen LogP) is 2.75. The molecular weight excluding hydrogens is 481 g/mol. The van der Waals surface area contributed by atoms with Crippen molar-refractivity contribution in [1.82, 2.24) is 19.5 Å². The van der Waals surface area contributed by atoms with Crippen LogP contribution in [0.4, 0.5) is 10.3 Å². The number of ether oxygens (including phenoxy) is 3. The van der Waals surface area contributed by atoms with E-state index in [1.165, 1.54) is 12.3 Å². The fourth-order valence-electron chi connectivity index (χ4n) is 4.99. The largest absolute Gasteiger partial charge is 0.488 e. The number of aliphatic hydroxyl groups is 2. The van der Waals surface area contributed by atoms with Crippen LogP contribution in [0, 0.1) is 5.82 Å². The molecule has 3 aliphatic heterocycles. The van der Waals surface area contributed by atoms with Crippen LogP contribution in [0.1, 0.15) is 39.1 Å². The number of anilines is 1. The Morgan fingerprint density at radius 3 is 2.86 bits per heavy atom. The van der Waals surface area contributed by atoms with Gasteiger partial charge < -0.3 is 34.3 Å². The van der Waals surface area contributed by atoms with Crippen molar-refractivity contribution in [2.24, 2.45) is 0 Å². The van der Waals surface area contributed by atoms with Crippen molar-refractivity contribution in [3.05, 3.63) is 28.9 Å². The van der Waals surface area contributed by atoms with E-state index in [-0.39, 0.29) is 40.4 Å². The Morgan fingerprint density at radius 2 is 2.09 bits per heavy atom. The van der Waals surface area contributed by atoms with Crippen LogP contribution < -0.4 is 10.1 Å². The second kappa shape index (κ2) is 7.97. The lowest BCUT2D eigenvalue weighted by molar-refractivity contribution is -0.156. The molecule has 0 saturated carbocycles. The molecule has 3 aromatic rings. The van der Waals surface area contributed by atoms with Gasteiger partial charge in [0.25, 0.3) is 0 Å². The number of benzene rings is 1. The maximum Gasteiger partial charge on any atom is 0.223 e. The molecule has 3 aliphatic rings. The van der Waals surface area contributed by atoms with Gasteiger partial charge in [-0.15, -0.1) is 0 Å². The Hall–Kier alpha value is -2.57. The van der Waals surface area contributed by atoms with Crippen molar-refractivity contribution < 1.29 is 28.8 Å². The van der Waals surface area contributed by atoms with Crippen LogP contribution in [0.5, 0.6) is 5.75 Å². The van der Waals surface area contributed by atoms with Crippen LogP contribution in [-0.2, 0) is 15.1 Å². The average molecular weight is 506 g/mol. The molecule has 0 spiro atoms. The normalized spacial score (nSPS) is 27.8. The molecule has 12 heteroatoms. The number of fused-ring (bicyclic) bond motifs is 2. The minimum absolute atomic E-state index is 0.108. The third-order valence-electron chi connectivity index (χ3n) is 6.62. The second-order valence-corrected chi connectivity index (χ2v) is 10.2. The fraction of sp³-hybridized carbons (Fsp3) is 0.522. The standard InChI is InChI=1S/C23H25ClFN5O5/c1-9-7-33-19-11(5-13(25)16-17(19)30(9)21(28-16)23(2,3)32)15-12(24)6-26-22(29-15)27-14-4-10-8-34-20(35-10)18(14)31/h5-6,9-10,14,18,20,31-32H,4,7-8H2,1-3H3,(H,26,27,29)/t9-,10-,14+,18-,20+/m0/s1. The molecule has 2 aromatic heterocycles. The summed E-state index contributed by atoms with van der Waals surface area (Å²) in [6, 6.07) is 0.726. The van der Waals surface area contributed by atoms with Gasteiger partial charge in [0.05, 0.1) is 41.7 Å². The smallest absolute Gasteiger partial charge is 0.223 e. The maximum absolute atomic E-state index is 15.4. The molecule has 5 heterocycles. The van der Waals surface area contributed by atoms with E-state index in [0.29, 0.717) is 42.3 Å². The van der Waals surface area contributed by atoms with E-state index < -0.39 is 23.8 Å². The van der Waals surface area contributed by atoms with Gasteiger partial charge in [0.1, 0.15) is 35.2 Å². The predicted molar refractivity (Wildman–Crippen MR) is 124 cm³/mol. The number of halogens is 2. The topological polar surface area (TPSA) is 124 Å². The summed E-state index contributed by atoms with van der Waals surface area (Å²) in [5.41, 5.74) is -0.124. The lowest BCUT2D eigenvalue weighted by Crippen LogP contribution is -2.48. The summed E-state index contributed by atoms with van der Waals surface area (Å²) in [7, 11) is 0. The van der Waals surface area contributed by atoms with Crippen molar-refractivity contribution in [1.29, 1.82) is 0 Å². The van der Waals surface area contributed by atoms with Gasteiger partial charge in [0.2, 0.25) is 5.95 Å². The minimum Gasteiger partial charge on any atom is -0.488 e. The number of aromatic nitrogens is 4. The van der Waals surface area contributed by atoms with E-state index in [1.54, 1.807) is 13.8 Å². The molecular formula is C23H25ClFN5O5. The number of imidazole rings is 1. The van der Waals surface area contributed by atoms with Crippen LogP contribution in [0.2, 0.25) is 5.02 Å². The summed E-state index contributed by atoms with van der Waals surface area (Å²) >= 11 is 6.47. The summed E-state index contributed by atoms with van der Waals surface area (Å²) in [5.74, 6) is 0.365. The van der Waals surface area contributed by atoms with E-state index in [4.69, 9.17) is 25.8 Å². The average Bonchev–Trinajstić information content (AvgIpc) is 3.41. The zero-order valence-electron chi connectivity index (χ0n) is 19.3. The summed E-state index contributed by atoms with van der Waals surface area (Å²) < 4.78 is 34.2. The van der Waals surface area contributed by atoms with E-state index in [1.807, 2.05) is 11.5 Å². The molecule has 186 valence electrons. The number of hydrogen-bond acceptors (Lipinski definition) is 9. The first-order chi connectivity index (χ1) is 16.6. The van der Waals surface area contributed by atoms with E-state index in [0.717, 1.165) is 0 Å². The monoisotopic (exact) mass is 505 g/mol. The Morgan fingerprint density at radius 1 is 1.29 bits per heavy atom. The Bertz CT molecular complexity index is 1330. The van der Waals surface area contributed by atoms with Gasteiger partial charge in [-0.2, -0.15) is 0 Å². The van der Waals surface area contributed by atoms with Crippen LogP contribution in [0.25, 0.3) is 22.3 Å². The van der Waals surface area contributed by atoms with E-state index >= 15 is 4.39 Å². The van der Waals surface area contributed by atoms with Gasteiger partial charge in [-0.1, -0.05) is 11.6 Å². The summed E-state index contributed by atoms with van der Waals surface area (Å²) in [6.45, 7) is 5.86. The molecule has 0 amide bonds. The van der Waals surface area contributed by atoms with Crippen LogP contribution in [0.3, 0.4) is 0 Å². The molecule has 0 radical (unpaired) electrons. The molecule has 0 unspecified atom stereocenters. The lowest BCUT2D eigenvalue weighted by Gasteiger charge is -2.32. The number of aliphatic hydroxyl groups excluding tert-OH is 1. The first-order valence-corrected chi connectivity index (χ1v) is 11.8. The molecule has 2 bridgehead atoms. The molecule has 10 nitrogen and oxygen atoms in total. The second-order valence-electron chi connectivity index (χ2n) is 9.78. The highest BCUT2D eigenvalue weighted by molar-refractivity contribution is 6.33. The number of rotatable bonds is 4. The molecule has 0 aliphatic carbocycles. The number of nitrogens with zero attached hydrogens (tertiary/aromatic N) is 4. The third kappa shape index (κ3) is 3.64. The first kappa shape index (κ1) is 22.9. The van der Waals surface area contributed by atoms with Crippen molar-refractivity contribution >= 4 is 28.6 Å².